The molecule has 1 N–H and O–H groups in total. The molecule has 0 atom stereocenters. The average molecular weight is 462 g/mol. The number of hydrogen-bond donors (Lipinski definition) is 1. The highest BCUT2D eigenvalue weighted by Gasteiger charge is 2.32. The lowest BCUT2D eigenvalue weighted by Gasteiger charge is -2.26. The minimum atomic E-state index is -0.341. The first-order chi connectivity index (χ1) is 16.1. The molecule has 0 aliphatic carbocycles. The lowest BCUT2D eigenvalue weighted by Crippen LogP contribution is -2.41. The zero-order chi connectivity index (χ0) is 22.8. The fourth-order valence-electron chi connectivity index (χ4n) is 3.67. The number of thioether (sulfide) groups is 1. The Morgan fingerprint density at radius 2 is 1.76 bits per heavy atom. The van der Waals surface area contributed by atoms with E-state index >= 15 is 0 Å². The van der Waals surface area contributed by atoms with Crippen LogP contribution in [0, 0.1) is 0 Å². The van der Waals surface area contributed by atoms with Gasteiger partial charge in [-0.3, -0.25) is 19.3 Å². The Bertz CT molecular complexity index is 1300. The number of nitrogens with one attached hydrogen (secondary N) is 1. The van der Waals surface area contributed by atoms with Crippen molar-refractivity contribution in [3.63, 3.8) is 0 Å². The van der Waals surface area contributed by atoms with Crippen LogP contribution >= 0.6 is 11.8 Å². The van der Waals surface area contributed by atoms with Gasteiger partial charge in [0.25, 0.3) is 17.0 Å². The van der Waals surface area contributed by atoms with E-state index in [4.69, 9.17) is 8.83 Å². The van der Waals surface area contributed by atoms with E-state index < -0.39 is 0 Å². The molecule has 0 bridgehead atoms. The monoisotopic (exact) mass is 462 g/mol. The number of furan rings is 1. The molecular weight excluding hydrogens is 444 g/mol. The summed E-state index contributed by atoms with van der Waals surface area (Å²) < 4.78 is 10.7. The van der Waals surface area contributed by atoms with Gasteiger partial charge in [0.2, 0.25) is 11.8 Å². The van der Waals surface area contributed by atoms with Crippen LogP contribution in [0.3, 0.4) is 0 Å². The van der Waals surface area contributed by atoms with Crippen LogP contribution < -0.4 is 5.32 Å². The Morgan fingerprint density at radius 3 is 2.45 bits per heavy atom. The number of amides is 3. The first-order valence-corrected chi connectivity index (χ1v) is 11.2. The molecule has 3 amide bonds. The largest absolute Gasteiger partial charge is 0.467 e. The topological polar surface area (TPSA) is 119 Å². The third kappa shape index (κ3) is 4.24. The number of benzene rings is 2. The van der Waals surface area contributed by atoms with Crippen molar-refractivity contribution in [3.8, 4) is 0 Å². The zero-order valence-electron chi connectivity index (χ0n) is 17.3. The van der Waals surface area contributed by atoms with Crippen molar-refractivity contribution in [1.82, 2.24) is 20.4 Å². The van der Waals surface area contributed by atoms with Gasteiger partial charge in [-0.05, 0) is 29.7 Å². The average Bonchev–Trinajstić information content (AvgIpc) is 3.52. The Morgan fingerprint density at radius 1 is 1.00 bits per heavy atom. The molecule has 9 nitrogen and oxygen atoms in total. The molecule has 3 heterocycles. The molecule has 1 aliphatic heterocycles. The first-order valence-electron chi connectivity index (χ1n) is 10.2. The quantitative estimate of drug-likeness (QED) is 0.314. The van der Waals surface area contributed by atoms with Gasteiger partial charge < -0.3 is 14.2 Å². The van der Waals surface area contributed by atoms with E-state index in [1.165, 1.54) is 4.90 Å². The van der Waals surface area contributed by atoms with Gasteiger partial charge in [0.05, 0.1) is 18.6 Å². The molecule has 0 spiro atoms. The van der Waals surface area contributed by atoms with E-state index in [1.807, 2.05) is 12.1 Å². The smallest absolute Gasteiger partial charge is 0.277 e. The highest BCUT2D eigenvalue weighted by molar-refractivity contribution is 7.99. The van der Waals surface area contributed by atoms with Crippen LogP contribution in [0.25, 0.3) is 10.8 Å². The van der Waals surface area contributed by atoms with Crippen molar-refractivity contribution in [2.45, 2.75) is 18.2 Å². The molecule has 10 heteroatoms. The first kappa shape index (κ1) is 21.0. The van der Waals surface area contributed by atoms with Gasteiger partial charge in [0.15, 0.2) is 0 Å². The Balaban J connectivity index is 1.18. The minimum Gasteiger partial charge on any atom is -0.467 e. The molecule has 0 saturated heterocycles. The molecule has 33 heavy (non-hydrogen) atoms. The van der Waals surface area contributed by atoms with Crippen molar-refractivity contribution in [2.75, 3.05) is 12.3 Å². The van der Waals surface area contributed by atoms with Crippen molar-refractivity contribution in [2.24, 2.45) is 0 Å². The highest BCUT2D eigenvalue weighted by atomic mass is 32.2. The van der Waals surface area contributed by atoms with E-state index in [0.717, 1.165) is 17.1 Å². The Labute approximate surface area is 192 Å². The highest BCUT2D eigenvalue weighted by Crippen LogP contribution is 2.30. The van der Waals surface area contributed by atoms with Crippen LogP contribution in [0.4, 0.5) is 0 Å². The lowest BCUT2D eigenvalue weighted by molar-refractivity contribution is -0.118. The van der Waals surface area contributed by atoms with Gasteiger partial charge in [0, 0.05) is 29.5 Å². The number of nitrogens with zero attached hydrogens (tertiary/aromatic N) is 3. The van der Waals surface area contributed by atoms with Crippen LogP contribution in [0.5, 0.6) is 0 Å². The predicted octanol–water partition coefficient (Wildman–Crippen LogP) is 3.06. The molecule has 1 aliphatic rings. The molecule has 0 saturated carbocycles. The van der Waals surface area contributed by atoms with Crippen LogP contribution in [0.1, 0.15) is 32.4 Å². The molecule has 2 aromatic heterocycles. The number of aromatic nitrogens is 2. The van der Waals surface area contributed by atoms with Crippen molar-refractivity contribution in [1.29, 1.82) is 0 Å². The lowest BCUT2D eigenvalue weighted by atomic mass is 9.94. The SMILES string of the molecule is O=C(CSc1nnc(CCN2C(=O)c3cccc4cccc(c34)C2=O)o1)NCc1ccco1. The fraction of sp³-hybridized carbons (Fsp3) is 0.174. The van der Waals surface area contributed by atoms with E-state index in [0.29, 0.717) is 28.8 Å². The van der Waals surface area contributed by atoms with Gasteiger partial charge in [-0.15, -0.1) is 10.2 Å². The molecule has 0 radical (unpaired) electrons. The number of rotatable bonds is 8. The summed E-state index contributed by atoms with van der Waals surface area (Å²) in [6.07, 6.45) is 1.76. The maximum Gasteiger partial charge on any atom is 0.277 e. The summed E-state index contributed by atoms with van der Waals surface area (Å²) in [7, 11) is 0. The molecule has 2 aromatic carbocycles. The summed E-state index contributed by atoms with van der Waals surface area (Å²) in [5, 5.41) is 12.4. The Hall–Kier alpha value is -3.92. The van der Waals surface area contributed by atoms with Gasteiger partial charge in [-0.25, -0.2) is 0 Å². The van der Waals surface area contributed by atoms with Crippen LogP contribution in [0.2, 0.25) is 0 Å². The minimum absolute atomic E-state index is 0.103. The maximum atomic E-state index is 12.9. The normalized spacial score (nSPS) is 13.0. The van der Waals surface area contributed by atoms with Crippen molar-refractivity contribution < 1.29 is 23.2 Å². The number of hydrogen-bond acceptors (Lipinski definition) is 8. The number of imide groups is 1. The van der Waals surface area contributed by atoms with Crippen molar-refractivity contribution in [3.05, 3.63) is 77.6 Å². The second-order valence-electron chi connectivity index (χ2n) is 7.33. The summed E-state index contributed by atoms with van der Waals surface area (Å²) in [5.41, 5.74) is 1.01. The van der Waals surface area contributed by atoms with Gasteiger partial charge >= 0.3 is 0 Å². The second kappa shape index (κ2) is 8.91. The third-order valence-corrected chi connectivity index (χ3v) is 6.04. The summed E-state index contributed by atoms with van der Waals surface area (Å²) in [6, 6.07) is 14.4. The molecule has 4 aromatic rings. The molecule has 0 fully saturated rings. The van der Waals surface area contributed by atoms with E-state index in [9.17, 15) is 14.4 Å². The Kier molecular flexibility index (Phi) is 5.66. The molecule has 0 unspecified atom stereocenters. The van der Waals surface area contributed by atoms with Crippen LogP contribution in [-0.2, 0) is 17.8 Å². The van der Waals surface area contributed by atoms with Crippen LogP contribution in [-0.4, -0.2) is 45.1 Å². The summed E-state index contributed by atoms with van der Waals surface area (Å²) in [5.74, 6) is 0.165. The molecular formula is C23H18N4O5S. The van der Waals surface area contributed by atoms with E-state index in [-0.39, 0.29) is 47.6 Å². The standard InChI is InChI=1S/C23H18N4O5S/c28-18(24-12-15-6-3-11-31-15)13-33-23-26-25-19(32-23)9-10-27-21(29)16-7-1-4-14-5-2-8-17(20(14)16)22(27)30/h1-8,11H,9-10,12-13H2,(H,24,28). The summed E-state index contributed by atoms with van der Waals surface area (Å²) in [6.45, 7) is 0.411. The number of carbonyl (C=O) groups is 3. The predicted molar refractivity (Wildman–Crippen MR) is 119 cm³/mol. The van der Waals surface area contributed by atoms with Crippen LogP contribution in [0.15, 0.2) is 68.9 Å². The maximum absolute atomic E-state index is 12.9. The molecule has 5 rings (SSSR count). The van der Waals surface area contributed by atoms with Gasteiger partial charge in [-0.2, -0.15) is 0 Å². The number of carbonyl (C=O) groups excluding carboxylic acids is 3. The summed E-state index contributed by atoms with van der Waals surface area (Å²) >= 11 is 1.11. The van der Waals surface area contributed by atoms with Crippen molar-refractivity contribution >= 4 is 40.3 Å². The third-order valence-electron chi connectivity index (χ3n) is 5.22. The molecule has 166 valence electrons. The fourth-order valence-corrected chi connectivity index (χ4v) is 4.28. The zero-order valence-corrected chi connectivity index (χ0v) is 18.1. The summed E-state index contributed by atoms with van der Waals surface area (Å²) in [4.78, 5) is 39.1. The van der Waals surface area contributed by atoms with E-state index in [2.05, 4.69) is 15.5 Å². The second-order valence-corrected chi connectivity index (χ2v) is 8.25. The van der Waals surface area contributed by atoms with Gasteiger partial charge in [-0.1, -0.05) is 36.0 Å². The van der Waals surface area contributed by atoms with Gasteiger partial charge in [0.1, 0.15) is 5.76 Å². The van der Waals surface area contributed by atoms with E-state index in [1.54, 1.807) is 42.7 Å².